The van der Waals surface area contributed by atoms with Crippen molar-refractivity contribution < 1.29 is 14.3 Å². The monoisotopic (exact) mass is 283 g/mol. The Kier molecular flexibility index (Phi) is 5.37. The molecule has 0 aliphatic carbocycles. The Bertz CT molecular complexity index is 362. The number of nitrogens with two attached hydrogens (primary N) is 1. The van der Waals surface area contributed by atoms with Crippen LogP contribution in [0.5, 0.6) is 0 Å². The van der Waals surface area contributed by atoms with Crippen LogP contribution in [-0.2, 0) is 14.3 Å². The minimum Gasteiger partial charge on any atom is -0.379 e. The van der Waals surface area contributed by atoms with E-state index in [1.807, 2.05) is 0 Å². The average Bonchev–Trinajstić information content (AvgIpc) is 2.92. The van der Waals surface area contributed by atoms with E-state index >= 15 is 0 Å². The Morgan fingerprint density at radius 2 is 2.20 bits per heavy atom. The van der Waals surface area contributed by atoms with Crippen molar-refractivity contribution in [3.63, 3.8) is 0 Å². The molecule has 2 rings (SSSR count). The number of rotatable bonds is 5. The van der Waals surface area contributed by atoms with E-state index in [-0.39, 0.29) is 29.7 Å². The highest BCUT2D eigenvalue weighted by Crippen LogP contribution is 2.22. The Hall–Kier alpha value is -1.14. The standard InChI is InChI=1S/C14H25N3O3/c1-2-5-16-12-9-20-8-11(12)14(19)17-6-3-4-10(7-17)13(15)18/h10-12,16H,2-9H2,1H3,(H2,15,18). The highest BCUT2D eigenvalue weighted by atomic mass is 16.5. The number of primary amides is 1. The molecule has 0 aromatic heterocycles. The molecule has 0 aromatic carbocycles. The van der Waals surface area contributed by atoms with E-state index in [1.165, 1.54) is 0 Å². The van der Waals surface area contributed by atoms with Crippen molar-refractivity contribution in [3.05, 3.63) is 0 Å². The molecule has 2 aliphatic heterocycles. The van der Waals surface area contributed by atoms with Gasteiger partial charge in [-0.05, 0) is 25.8 Å². The van der Waals surface area contributed by atoms with Crippen LogP contribution >= 0.6 is 0 Å². The lowest BCUT2D eigenvalue weighted by Crippen LogP contribution is -2.50. The van der Waals surface area contributed by atoms with Crippen LogP contribution < -0.4 is 11.1 Å². The fourth-order valence-electron chi connectivity index (χ4n) is 2.97. The van der Waals surface area contributed by atoms with Crippen molar-refractivity contribution >= 4 is 11.8 Å². The van der Waals surface area contributed by atoms with Gasteiger partial charge in [-0.15, -0.1) is 0 Å². The quantitative estimate of drug-likeness (QED) is 0.727. The second kappa shape index (κ2) is 7.04. The van der Waals surface area contributed by atoms with Crippen molar-refractivity contribution in [1.29, 1.82) is 0 Å². The lowest BCUT2D eigenvalue weighted by atomic mass is 9.94. The number of ether oxygens (including phenoxy) is 1. The lowest BCUT2D eigenvalue weighted by Gasteiger charge is -2.34. The molecular weight excluding hydrogens is 258 g/mol. The highest BCUT2D eigenvalue weighted by molar-refractivity contribution is 5.82. The second-order valence-electron chi connectivity index (χ2n) is 5.73. The first-order valence-corrected chi connectivity index (χ1v) is 7.52. The van der Waals surface area contributed by atoms with Crippen molar-refractivity contribution in [2.75, 3.05) is 32.8 Å². The number of hydrogen-bond donors (Lipinski definition) is 2. The Morgan fingerprint density at radius 3 is 2.90 bits per heavy atom. The summed E-state index contributed by atoms with van der Waals surface area (Å²) in [4.78, 5) is 25.7. The van der Waals surface area contributed by atoms with Crippen molar-refractivity contribution in [3.8, 4) is 0 Å². The van der Waals surface area contributed by atoms with Crippen LogP contribution in [-0.4, -0.2) is 55.6 Å². The summed E-state index contributed by atoms with van der Waals surface area (Å²) in [6, 6.07) is 0.0939. The molecule has 0 spiro atoms. The molecule has 2 saturated heterocycles. The molecule has 0 aromatic rings. The summed E-state index contributed by atoms with van der Waals surface area (Å²) in [6.45, 7) is 5.23. The molecule has 2 fully saturated rings. The van der Waals surface area contributed by atoms with Crippen LogP contribution in [0, 0.1) is 11.8 Å². The molecule has 0 bridgehead atoms. The van der Waals surface area contributed by atoms with Crippen LogP contribution in [0.25, 0.3) is 0 Å². The molecule has 2 amide bonds. The fourth-order valence-corrected chi connectivity index (χ4v) is 2.97. The number of amides is 2. The first-order valence-electron chi connectivity index (χ1n) is 7.52. The van der Waals surface area contributed by atoms with Crippen molar-refractivity contribution in [2.45, 2.75) is 32.2 Å². The number of hydrogen-bond acceptors (Lipinski definition) is 4. The van der Waals surface area contributed by atoms with Gasteiger partial charge < -0.3 is 20.7 Å². The minimum atomic E-state index is -0.300. The molecule has 0 saturated carbocycles. The molecule has 2 aliphatic rings. The predicted octanol–water partition coefficient (Wildman–Crippen LogP) is -0.275. The molecule has 20 heavy (non-hydrogen) atoms. The third-order valence-corrected chi connectivity index (χ3v) is 4.19. The molecular formula is C14H25N3O3. The second-order valence-corrected chi connectivity index (χ2v) is 5.73. The van der Waals surface area contributed by atoms with Gasteiger partial charge in [-0.25, -0.2) is 0 Å². The Balaban J connectivity index is 1.93. The maximum absolute atomic E-state index is 12.6. The highest BCUT2D eigenvalue weighted by Gasteiger charge is 2.38. The zero-order valence-electron chi connectivity index (χ0n) is 12.1. The van der Waals surface area contributed by atoms with Crippen LogP contribution in [0.15, 0.2) is 0 Å². The Labute approximate surface area is 120 Å². The fraction of sp³-hybridized carbons (Fsp3) is 0.857. The SMILES string of the molecule is CCCNC1COCC1C(=O)N1CCCC(C(N)=O)C1. The van der Waals surface area contributed by atoms with Crippen LogP contribution in [0.4, 0.5) is 0 Å². The van der Waals surface area contributed by atoms with Gasteiger partial charge >= 0.3 is 0 Å². The van der Waals surface area contributed by atoms with Gasteiger partial charge in [0.15, 0.2) is 0 Å². The number of piperidine rings is 1. The summed E-state index contributed by atoms with van der Waals surface area (Å²) in [5, 5.41) is 3.37. The summed E-state index contributed by atoms with van der Waals surface area (Å²) in [5.74, 6) is -0.530. The maximum Gasteiger partial charge on any atom is 0.229 e. The van der Waals surface area contributed by atoms with Gasteiger partial charge in [0.25, 0.3) is 0 Å². The zero-order chi connectivity index (χ0) is 14.5. The van der Waals surface area contributed by atoms with Gasteiger partial charge in [-0.3, -0.25) is 9.59 Å². The third kappa shape index (κ3) is 3.49. The molecule has 0 radical (unpaired) electrons. The van der Waals surface area contributed by atoms with Gasteiger partial charge in [0, 0.05) is 19.1 Å². The first kappa shape index (κ1) is 15.3. The van der Waals surface area contributed by atoms with Crippen molar-refractivity contribution in [2.24, 2.45) is 17.6 Å². The van der Waals surface area contributed by atoms with E-state index in [0.717, 1.165) is 32.4 Å². The van der Waals surface area contributed by atoms with Crippen LogP contribution in [0.1, 0.15) is 26.2 Å². The summed E-state index contributed by atoms with van der Waals surface area (Å²) in [7, 11) is 0. The summed E-state index contributed by atoms with van der Waals surface area (Å²) >= 11 is 0. The smallest absolute Gasteiger partial charge is 0.229 e. The predicted molar refractivity (Wildman–Crippen MR) is 74.9 cm³/mol. The van der Waals surface area contributed by atoms with E-state index in [9.17, 15) is 9.59 Å². The third-order valence-electron chi connectivity index (χ3n) is 4.19. The minimum absolute atomic E-state index is 0.0939. The molecule has 3 atom stereocenters. The average molecular weight is 283 g/mol. The largest absolute Gasteiger partial charge is 0.379 e. The summed E-state index contributed by atoms with van der Waals surface area (Å²) in [6.07, 6.45) is 2.67. The van der Waals surface area contributed by atoms with Gasteiger partial charge in [0.2, 0.25) is 11.8 Å². The van der Waals surface area contributed by atoms with Crippen molar-refractivity contribution in [1.82, 2.24) is 10.2 Å². The number of nitrogens with zero attached hydrogens (tertiary/aromatic N) is 1. The molecule has 6 nitrogen and oxygen atoms in total. The molecule has 3 unspecified atom stereocenters. The topological polar surface area (TPSA) is 84.7 Å². The number of likely N-dealkylation sites (tertiary alicyclic amines) is 1. The molecule has 114 valence electrons. The van der Waals surface area contributed by atoms with Gasteiger partial charge in [0.05, 0.1) is 25.0 Å². The summed E-state index contributed by atoms with van der Waals surface area (Å²) in [5.41, 5.74) is 5.36. The number of carbonyl (C=O) groups excluding carboxylic acids is 2. The Morgan fingerprint density at radius 1 is 1.40 bits per heavy atom. The number of carbonyl (C=O) groups is 2. The normalized spacial score (nSPS) is 30.4. The van der Waals surface area contributed by atoms with Crippen LogP contribution in [0.3, 0.4) is 0 Å². The molecule has 3 N–H and O–H groups in total. The van der Waals surface area contributed by atoms with E-state index in [4.69, 9.17) is 10.5 Å². The van der Waals surface area contributed by atoms with Gasteiger partial charge in [-0.2, -0.15) is 0 Å². The van der Waals surface area contributed by atoms with Gasteiger partial charge in [-0.1, -0.05) is 6.92 Å². The van der Waals surface area contributed by atoms with E-state index in [0.29, 0.717) is 19.8 Å². The summed E-state index contributed by atoms with van der Waals surface area (Å²) < 4.78 is 5.45. The first-order chi connectivity index (χ1) is 9.63. The van der Waals surface area contributed by atoms with Crippen LogP contribution in [0.2, 0.25) is 0 Å². The lowest BCUT2D eigenvalue weighted by molar-refractivity contribution is -0.139. The zero-order valence-corrected chi connectivity index (χ0v) is 12.1. The van der Waals surface area contributed by atoms with E-state index in [1.54, 1.807) is 4.90 Å². The molecule has 6 heteroatoms. The maximum atomic E-state index is 12.6. The van der Waals surface area contributed by atoms with Gasteiger partial charge in [0.1, 0.15) is 0 Å². The van der Waals surface area contributed by atoms with E-state index < -0.39 is 0 Å². The number of nitrogens with one attached hydrogen (secondary N) is 1. The van der Waals surface area contributed by atoms with E-state index in [2.05, 4.69) is 12.2 Å². The molecule has 2 heterocycles.